The Bertz CT molecular complexity index is 81.4. The van der Waals surface area contributed by atoms with Gasteiger partial charge in [-0.1, -0.05) is 46.0 Å². The third-order valence-electron chi connectivity index (χ3n) is 2.91. The van der Waals surface area contributed by atoms with Crippen LogP contribution in [0.3, 0.4) is 0 Å². The van der Waals surface area contributed by atoms with Gasteiger partial charge in [-0.05, 0) is 0 Å². The number of hydrogen-bond acceptors (Lipinski definition) is 0. The summed E-state index contributed by atoms with van der Waals surface area (Å²) in [5.74, 6) is 0. The molecule has 0 unspecified atom stereocenters. The molecule has 0 aromatic rings. The van der Waals surface area contributed by atoms with Gasteiger partial charge in [0, 0.05) is 0 Å². The van der Waals surface area contributed by atoms with Crippen molar-refractivity contribution in [3.05, 3.63) is 0 Å². The fraction of sp³-hybridized carbons (Fsp3) is 1.00. The Kier molecular flexibility index (Phi) is 24.9. The molecule has 0 aromatic heterocycles. The van der Waals surface area contributed by atoms with E-state index in [1.165, 1.54) is 57.8 Å². The van der Waals surface area contributed by atoms with Gasteiger partial charge in [-0.25, -0.2) is 0 Å². The van der Waals surface area contributed by atoms with Crippen LogP contribution in [0.15, 0.2) is 0 Å². The van der Waals surface area contributed by atoms with Gasteiger partial charge in [0.2, 0.25) is 0 Å². The third-order valence-corrected chi connectivity index (χ3v) is 7.11. The zero-order valence-corrected chi connectivity index (χ0v) is 15.5. The van der Waals surface area contributed by atoms with E-state index < -0.39 is 0 Å². The Morgan fingerprint density at radius 3 is 1.19 bits per heavy atom. The van der Waals surface area contributed by atoms with Crippen molar-refractivity contribution in [2.75, 3.05) is 0 Å². The molecule has 0 spiro atoms. The molecule has 0 heterocycles. The van der Waals surface area contributed by atoms with Crippen molar-refractivity contribution < 1.29 is 17.1 Å². The molecule has 0 fully saturated rings. The summed E-state index contributed by atoms with van der Waals surface area (Å²) in [5, 5.41) is 3.28. The van der Waals surface area contributed by atoms with E-state index >= 15 is 0 Å². The fourth-order valence-electron chi connectivity index (χ4n) is 1.71. The van der Waals surface area contributed by atoms with E-state index in [0.29, 0.717) is 0 Å². The first kappa shape index (κ1) is 19.0. The number of rotatable bonds is 10. The fourth-order valence-corrected chi connectivity index (χ4v) is 6.03. The summed E-state index contributed by atoms with van der Waals surface area (Å²) in [7, 11) is 0. The van der Waals surface area contributed by atoms with Crippen LogP contribution in [0.25, 0.3) is 0 Å². The summed E-state index contributed by atoms with van der Waals surface area (Å²) < 4.78 is 0. The van der Waals surface area contributed by atoms with Crippen molar-refractivity contribution in [3.8, 4) is 0 Å². The van der Waals surface area contributed by atoms with Crippen molar-refractivity contribution in [1.82, 2.24) is 0 Å². The van der Waals surface area contributed by atoms with Crippen LogP contribution in [0.5, 0.6) is 0 Å². The summed E-state index contributed by atoms with van der Waals surface area (Å²) in [6.45, 7) is 9.08. The van der Waals surface area contributed by atoms with Crippen molar-refractivity contribution in [1.29, 1.82) is 0 Å². The second-order valence-electron chi connectivity index (χ2n) is 4.83. The van der Waals surface area contributed by atoms with E-state index in [2.05, 4.69) is 27.7 Å². The van der Waals surface area contributed by atoms with Gasteiger partial charge in [0.05, 0.1) is 0 Å². The van der Waals surface area contributed by atoms with Crippen LogP contribution in [-0.4, -0.2) is 0 Å². The van der Waals surface area contributed by atoms with E-state index in [4.69, 9.17) is 0 Å². The van der Waals surface area contributed by atoms with Crippen LogP contribution in [-0.2, 0) is 17.1 Å². The maximum absolute atomic E-state index is 2.29. The summed E-state index contributed by atoms with van der Waals surface area (Å²) in [6, 6.07) is 0. The van der Waals surface area contributed by atoms with Crippen LogP contribution in [0, 0.1) is 0 Å². The molecule has 0 bridgehead atoms. The summed E-state index contributed by atoms with van der Waals surface area (Å²) >= 11 is 0.0146. The Morgan fingerprint density at radius 1 is 0.500 bits per heavy atom. The molecule has 0 atom stereocenters. The third kappa shape index (κ3) is 24.0. The van der Waals surface area contributed by atoms with E-state index in [1.54, 1.807) is 10.0 Å². The van der Waals surface area contributed by atoms with Crippen LogP contribution < -0.4 is 0 Å². The molecule has 0 aliphatic rings. The average molecular weight is 280 g/mol. The topological polar surface area (TPSA) is 0 Å². The predicted octanol–water partition coefficient (Wildman–Crippen LogP) is 6.48. The van der Waals surface area contributed by atoms with Gasteiger partial charge in [0.1, 0.15) is 0 Å². The average Bonchev–Trinajstić information content (AvgIpc) is 2.31. The van der Waals surface area contributed by atoms with Crippen molar-refractivity contribution in [3.63, 3.8) is 0 Å². The number of hydrogen-bond donors (Lipinski definition) is 0. The minimum absolute atomic E-state index is 0.0146. The van der Waals surface area contributed by atoms with Gasteiger partial charge in [-0.15, -0.1) is 0 Å². The number of unbranched alkanes of at least 4 members (excludes halogenated alkanes) is 6. The normalized spacial score (nSPS) is 9.25. The molecular formula is C15H34Zn. The molecule has 0 radical (unpaired) electrons. The molecule has 0 aliphatic carbocycles. The quantitative estimate of drug-likeness (QED) is 0.317. The van der Waals surface area contributed by atoms with Crippen LogP contribution >= 0.6 is 0 Å². The second-order valence-corrected chi connectivity index (χ2v) is 9.28. The van der Waals surface area contributed by atoms with Gasteiger partial charge in [0.15, 0.2) is 0 Å². The van der Waals surface area contributed by atoms with Crippen LogP contribution in [0.4, 0.5) is 0 Å². The van der Waals surface area contributed by atoms with Crippen LogP contribution in [0.1, 0.15) is 85.5 Å². The molecule has 0 saturated heterocycles. The van der Waals surface area contributed by atoms with E-state index in [1.807, 2.05) is 0 Å². The predicted molar refractivity (Wildman–Crippen MR) is 73.9 cm³/mol. The Labute approximate surface area is 113 Å². The van der Waals surface area contributed by atoms with Gasteiger partial charge < -0.3 is 0 Å². The monoisotopic (exact) mass is 278 g/mol. The van der Waals surface area contributed by atoms with Crippen LogP contribution in [0.2, 0.25) is 10.0 Å². The molecular weight excluding hydrogens is 246 g/mol. The zero-order chi connectivity index (χ0) is 12.5. The van der Waals surface area contributed by atoms with Gasteiger partial charge in [0.25, 0.3) is 0 Å². The zero-order valence-electron chi connectivity index (χ0n) is 12.5. The molecule has 96 valence electrons. The molecule has 0 saturated carbocycles. The Hall–Kier alpha value is 0.623. The van der Waals surface area contributed by atoms with E-state index in [9.17, 15) is 0 Å². The summed E-state index contributed by atoms with van der Waals surface area (Å²) in [4.78, 5) is 0. The van der Waals surface area contributed by atoms with Crippen molar-refractivity contribution in [2.24, 2.45) is 0 Å². The Balaban J connectivity index is 0. The summed E-state index contributed by atoms with van der Waals surface area (Å²) in [6.07, 6.45) is 12.9. The molecule has 0 N–H and O–H groups in total. The van der Waals surface area contributed by atoms with E-state index in [0.717, 1.165) is 0 Å². The second kappa shape index (κ2) is 21.0. The van der Waals surface area contributed by atoms with Crippen molar-refractivity contribution >= 4 is 0 Å². The molecule has 0 rings (SSSR count). The maximum atomic E-state index is 2.29. The minimum atomic E-state index is 0.0146. The molecule has 0 nitrogen and oxygen atoms in total. The first-order valence-corrected chi connectivity index (χ1v) is 12.0. The SMILES string of the molecule is CCCCCCC.CCC[CH2][Zn][CH2]CCC. The van der Waals surface area contributed by atoms with Gasteiger partial charge in [-0.2, -0.15) is 0 Å². The first-order chi connectivity index (χ1) is 7.83. The summed E-state index contributed by atoms with van der Waals surface area (Å²) in [5.41, 5.74) is 0. The molecule has 0 aromatic carbocycles. The van der Waals surface area contributed by atoms with Crippen molar-refractivity contribution in [2.45, 2.75) is 95.5 Å². The van der Waals surface area contributed by atoms with Gasteiger partial charge in [-0.3, -0.25) is 0 Å². The van der Waals surface area contributed by atoms with E-state index in [-0.39, 0.29) is 17.1 Å². The molecule has 16 heavy (non-hydrogen) atoms. The standard InChI is InChI=1S/C7H16.2C4H9.Zn/c1-3-5-7-6-4-2;2*1-3-4-2;/h3-7H2,1-2H3;2*1,3-4H2,2H3;. The first-order valence-electron chi connectivity index (χ1n) is 7.83. The Morgan fingerprint density at radius 2 is 0.875 bits per heavy atom. The molecule has 0 amide bonds. The molecule has 1 heteroatoms. The van der Waals surface area contributed by atoms with Gasteiger partial charge >= 0.3 is 66.7 Å². The molecule has 0 aliphatic heterocycles.